The highest BCUT2D eigenvalue weighted by Gasteiger charge is 2.00. The highest BCUT2D eigenvalue weighted by molar-refractivity contribution is 5.85. The van der Waals surface area contributed by atoms with Gasteiger partial charge in [-0.2, -0.15) is 0 Å². The summed E-state index contributed by atoms with van der Waals surface area (Å²) in [5, 5.41) is 8.55. The molecule has 15 heavy (non-hydrogen) atoms. The number of hydrogen-bond acceptors (Lipinski definition) is 2. The van der Waals surface area contributed by atoms with Crippen LogP contribution in [0.2, 0.25) is 0 Å². The van der Waals surface area contributed by atoms with Crippen molar-refractivity contribution < 1.29 is 9.90 Å². The van der Waals surface area contributed by atoms with Crippen LogP contribution >= 0.6 is 0 Å². The minimum absolute atomic E-state index is 0.806. The van der Waals surface area contributed by atoms with Crippen LogP contribution in [0.15, 0.2) is 30.3 Å². The van der Waals surface area contributed by atoms with Gasteiger partial charge in [0.1, 0.15) is 0 Å². The lowest BCUT2D eigenvalue weighted by molar-refractivity contribution is -0.131. The van der Waals surface area contributed by atoms with Gasteiger partial charge in [-0.05, 0) is 31.3 Å². The maximum atomic E-state index is 10.4. The van der Waals surface area contributed by atoms with Gasteiger partial charge in [-0.25, -0.2) is 4.79 Å². The molecule has 0 unspecified atom stereocenters. The Kier molecular flexibility index (Phi) is 4.06. The molecule has 0 aliphatic heterocycles. The summed E-state index contributed by atoms with van der Waals surface area (Å²) in [6.45, 7) is 0.806. The van der Waals surface area contributed by atoms with Crippen LogP contribution in [0, 0.1) is 0 Å². The lowest BCUT2D eigenvalue weighted by atomic mass is 10.1. The SMILES string of the molecule is CN(C)Cc1ccccc1C=CC(=O)O. The number of rotatable bonds is 4. The van der Waals surface area contributed by atoms with E-state index in [0.29, 0.717) is 0 Å². The minimum atomic E-state index is -0.922. The van der Waals surface area contributed by atoms with Gasteiger partial charge in [0.05, 0.1) is 0 Å². The van der Waals surface area contributed by atoms with Crippen molar-refractivity contribution in [3.8, 4) is 0 Å². The Morgan fingerprint density at radius 1 is 1.40 bits per heavy atom. The van der Waals surface area contributed by atoms with Crippen molar-refractivity contribution in [3.63, 3.8) is 0 Å². The van der Waals surface area contributed by atoms with Gasteiger partial charge in [-0.3, -0.25) is 0 Å². The van der Waals surface area contributed by atoms with E-state index in [2.05, 4.69) is 0 Å². The van der Waals surface area contributed by atoms with Gasteiger partial charge in [0, 0.05) is 12.6 Å². The zero-order valence-electron chi connectivity index (χ0n) is 8.97. The highest BCUT2D eigenvalue weighted by Crippen LogP contribution is 2.12. The van der Waals surface area contributed by atoms with Gasteiger partial charge in [0.15, 0.2) is 0 Å². The highest BCUT2D eigenvalue weighted by atomic mass is 16.4. The molecule has 1 N–H and O–H groups in total. The second-order valence-corrected chi connectivity index (χ2v) is 3.61. The Labute approximate surface area is 89.6 Å². The molecular weight excluding hydrogens is 190 g/mol. The van der Waals surface area contributed by atoms with Crippen LogP contribution < -0.4 is 0 Å². The normalized spacial score (nSPS) is 11.1. The number of hydrogen-bond donors (Lipinski definition) is 1. The van der Waals surface area contributed by atoms with E-state index in [1.807, 2.05) is 43.3 Å². The van der Waals surface area contributed by atoms with E-state index in [0.717, 1.165) is 23.7 Å². The Hall–Kier alpha value is -1.61. The molecule has 1 aromatic carbocycles. The van der Waals surface area contributed by atoms with E-state index >= 15 is 0 Å². The number of carboxylic acids is 1. The van der Waals surface area contributed by atoms with Crippen molar-refractivity contribution in [2.75, 3.05) is 14.1 Å². The summed E-state index contributed by atoms with van der Waals surface area (Å²) in [7, 11) is 3.97. The number of benzene rings is 1. The summed E-state index contributed by atoms with van der Waals surface area (Å²) in [6.07, 6.45) is 2.79. The van der Waals surface area contributed by atoms with Crippen LogP contribution in [0.4, 0.5) is 0 Å². The fourth-order valence-corrected chi connectivity index (χ4v) is 1.34. The fourth-order valence-electron chi connectivity index (χ4n) is 1.34. The fraction of sp³-hybridized carbons (Fsp3) is 0.250. The molecule has 0 radical (unpaired) electrons. The first-order valence-electron chi connectivity index (χ1n) is 4.73. The number of carboxylic acid groups (broad SMARTS) is 1. The van der Waals surface area contributed by atoms with Gasteiger partial charge >= 0.3 is 5.97 Å². The summed E-state index contributed by atoms with van der Waals surface area (Å²) in [6, 6.07) is 7.78. The van der Waals surface area contributed by atoms with E-state index in [9.17, 15) is 4.79 Å². The van der Waals surface area contributed by atoms with Crippen molar-refractivity contribution in [1.82, 2.24) is 4.90 Å². The summed E-state index contributed by atoms with van der Waals surface area (Å²) < 4.78 is 0. The van der Waals surface area contributed by atoms with Crippen molar-refractivity contribution in [2.45, 2.75) is 6.54 Å². The molecule has 1 aromatic rings. The molecule has 0 aromatic heterocycles. The van der Waals surface area contributed by atoms with Gasteiger partial charge in [-0.1, -0.05) is 24.3 Å². The smallest absolute Gasteiger partial charge is 0.328 e. The second kappa shape index (κ2) is 5.32. The molecular formula is C12H15NO2. The number of nitrogens with zero attached hydrogens (tertiary/aromatic N) is 1. The van der Waals surface area contributed by atoms with Crippen molar-refractivity contribution >= 4 is 12.0 Å². The van der Waals surface area contributed by atoms with Crippen molar-refractivity contribution in [3.05, 3.63) is 41.5 Å². The van der Waals surface area contributed by atoms with Crippen LogP contribution in [0.25, 0.3) is 6.08 Å². The third-order valence-electron chi connectivity index (χ3n) is 1.95. The standard InChI is InChI=1S/C12H15NO2/c1-13(2)9-11-6-4-3-5-10(11)7-8-12(14)15/h3-8H,9H2,1-2H3,(H,14,15). The topological polar surface area (TPSA) is 40.5 Å². The van der Waals surface area contributed by atoms with E-state index in [1.165, 1.54) is 0 Å². The Bertz CT molecular complexity index is 370. The molecule has 0 saturated heterocycles. The minimum Gasteiger partial charge on any atom is -0.478 e. The van der Waals surface area contributed by atoms with E-state index in [1.54, 1.807) is 6.08 Å². The molecule has 0 aliphatic carbocycles. The van der Waals surface area contributed by atoms with Crippen LogP contribution in [-0.4, -0.2) is 30.1 Å². The third-order valence-corrected chi connectivity index (χ3v) is 1.95. The predicted octanol–water partition coefficient (Wildman–Crippen LogP) is 1.85. The quantitative estimate of drug-likeness (QED) is 0.762. The zero-order chi connectivity index (χ0) is 11.3. The third kappa shape index (κ3) is 3.95. The van der Waals surface area contributed by atoms with Gasteiger partial charge in [0.2, 0.25) is 0 Å². The Balaban J connectivity index is 2.91. The molecule has 3 heteroatoms. The molecule has 80 valence electrons. The molecule has 0 atom stereocenters. The Morgan fingerprint density at radius 2 is 2.07 bits per heavy atom. The zero-order valence-corrected chi connectivity index (χ0v) is 8.97. The first-order chi connectivity index (χ1) is 7.09. The van der Waals surface area contributed by atoms with Gasteiger partial charge in [-0.15, -0.1) is 0 Å². The molecule has 3 nitrogen and oxygen atoms in total. The average Bonchev–Trinajstić information content (AvgIpc) is 2.15. The summed E-state index contributed by atoms with van der Waals surface area (Å²) >= 11 is 0. The largest absolute Gasteiger partial charge is 0.478 e. The van der Waals surface area contributed by atoms with Gasteiger partial charge in [0.25, 0.3) is 0 Å². The van der Waals surface area contributed by atoms with Crippen LogP contribution in [-0.2, 0) is 11.3 Å². The molecule has 0 aliphatic rings. The molecule has 0 bridgehead atoms. The monoisotopic (exact) mass is 205 g/mol. The molecule has 0 spiro atoms. The van der Waals surface area contributed by atoms with Crippen LogP contribution in [0.3, 0.4) is 0 Å². The van der Waals surface area contributed by atoms with Crippen molar-refractivity contribution in [1.29, 1.82) is 0 Å². The van der Waals surface area contributed by atoms with Crippen LogP contribution in [0.5, 0.6) is 0 Å². The van der Waals surface area contributed by atoms with Crippen LogP contribution in [0.1, 0.15) is 11.1 Å². The second-order valence-electron chi connectivity index (χ2n) is 3.61. The maximum Gasteiger partial charge on any atom is 0.328 e. The number of aliphatic carboxylic acids is 1. The molecule has 0 fully saturated rings. The molecule has 0 amide bonds. The Morgan fingerprint density at radius 3 is 2.67 bits per heavy atom. The average molecular weight is 205 g/mol. The van der Waals surface area contributed by atoms with E-state index < -0.39 is 5.97 Å². The first-order valence-corrected chi connectivity index (χ1v) is 4.73. The van der Waals surface area contributed by atoms with E-state index in [-0.39, 0.29) is 0 Å². The predicted molar refractivity (Wildman–Crippen MR) is 60.5 cm³/mol. The maximum absolute atomic E-state index is 10.4. The lowest BCUT2D eigenvalue weighted by Crippen LogP contribution is -2.11. The molecule has 0 heterocycles. The first kappa shape index (κ1) is 11.5. The number of carbonyl (C=O) groups is 1. The molecule has 0 saturated carbocycles. The summed E-state index contributed by atoms with van der Waals surface area (Å²) in [4.78, 5) is 12.5. The van der Waals surface area contributed by atoms with E-state index in [4.69, 9.17) is 5.11 Å². The summed E-state index contributed by atoms with van der Waals surface area (Å²) in [5.74, 6) is -0.922. The summed E-state index contributed by atoms with van der Waals surface area (Å²) in [5.41, 5.74) is 2.08. The van der Waals surface area contributed by atoms with Gasteiger partial charge < -0.3 is 10.0 Å². The molecule has 1 rings (SSSR count). The van der Waals surface area contributed by atoms with Crippen molar-refractivity contribution in [2.24, 2.45) is 0 Å². The lowest BCUT2D eigenvalue weighted by Gasteiger charge is -2.11.